The van der Waals surface area contributed by atoms with Gasteiger partial charge in [0.2, 0.25) is 11.8 Å². The minimum atomic E-state index is -0.631. The molecule has 3 N–H and O–H groups in total. The standard InChI is InChI=1S/C16H13N3O4S/c17-14(22)11-6-7-24-16(11)18-15(23)9-2-1-3-10(8-9)19-12(20)4-5-13(19)21/h1-3,6-8H,4-5H2,(H2,17,22)(H,18,23). The molecule has 1 aromatic heterocycles. The molecule has 1 aliphatic heterocycles. The Bertz CT molecular complexity index is 843. The summed E-state index contributed by atoms with van der Waals surface area (Å²) in [7, 11) is 0. The molecule has 8 heteroatoms. The highest BCUT2D eigenvalue weighted by molar-refractivity contribution is 7.14. The molecule has 1 aliphatic rings. The first kappa shape index (κ1) is 15.9. The maximum absolute atomic E-state index is 12.4. The van der Waals surface area contributed by atoms with Gasteiger partial charge < -0.3 is 11.1 Å². The second-order valence-electron chi connectivity index (χ2n) is 5.15. The van der Waals surface area contributed by atoms with Crippen LogP contribution < -0.4 is 16.0 Å². The van der Waals surface area contributed by atoms with Gasteiger partial charge in [-0.3, -0.25) is 24.1 Å². The van der Waals surface area contributed by atoms with Crippen molar-refractivity contribution in [1.82, 2.24) is 0 Å². The van der Waals surface area contributed by atoms with Gasteiger partial charge in [0.15, 0.2) is 0 Å². The molecule has 1 aromatic carbocycles. The number of hydrogen-bond donors (Lipinski definition) is 2. The summed E-state index contributed by atoms with van der Waals surface area (Å²) >= 11 is 1.18. The van der Waals surface area contributed by atoms with E-state index in [2.05, 4.69) is 5.32 Å². The number of rotatable bonds is 4. The van der Waals surface area contributed by atoms with Crippen LogP contribution in [-0.2, 0) is 9.59 Å². The molecule has 0 atom stereocenters. The van der Waals surface area contributed by atoms with E-state index in [1.54, 1.807) is 23.6 Å². The number of imide groups is 1. The Morgan fingerprint density at radius 3 is 2.50 bits per heavy atom. The number of nitrogens with one attached hydrogen (secondary N) is 1. The number of carbonyl (C=O) groups is 4. The van der Waals surface area contributed by atoms with Gasteiger partial charge in [0.1, 0.15) is 5.00 Å². The summed E-state index contributed by atoms with van der Waals surface area (Å²) in [6.07, 6.45) is 0.346. The van der Waals surface area contributed by atoms with E-state index in [-0.39, 0.29) is 35.8 Å². The highest BCUT2D eigenvalue weighted by Crippen LogP contribution is 2.26. The molecule has 122 valence electrons. The van der Waals surface area contributed by atoms with Crippen LogP contribution in [0.4, 0.5) is 10.7 Å². The second-order valence-corrected chi connectivity index (χ2v) is 6.07. The van der Waals surface area contributed by atoms with Crippen LogP contribution >= 0.6 is 11.3 Å². The number of primary amides is 1. The van der Waals surface area contributed by atoms with Crippen molar-refractivity contribution in [2.75, 3.05) is 10.2 Å². The van der Waals surface area contributed by atoms with Crippen molar-refractivity contribution in [3.8, 4) is 0 Å². The zero-order valence-corrected chi connectivity index (χ0v) is 13.3. The summed E-state index contributed by atoms with van der Waals surface area (Å²) in [6.45, 7) is 0. The Labute approximate surface area is 141 Å². The number of hydrogen-bond acceptors (Lipinski definition) is 5. The van der Waals surface area contributed by atoms with Crippen LogP contribution in [0.2, 0.25) is 0 Å². The van der Waals surface area contributed by atoms with Crippen LogP contribution in [0, 0.1) is 0 Å². The highest BCUT2D eigenvalue weighted by atomic mass is 32.1. The average Bonchev–Trinajstić information content (AvgIpc) is 3.14. The van der Waals surface area contributed by atoms with E-state index in [1.807, 2.05) is 0 Å². The predicted molar refractivity (Wildman–Crippen MR) is 89.0 cm³/mol. The van der Waals surface area contributed by atoms with E-state index in [9.17, 15) is 19.2 Å². The lowest BCUT2D eigenvalue weighted by atomic mass is 10.1. The molecule has 4 amide bonds. The molecular formula is C16H13N3O4S. The smallest absolute Gasteiger partial charge is 0.256 e. The van der Waals surface area contributed by atoms with E-state index in [1.165, 1.54) is 23.5 Å². The Morgan fingerprint density at radius 2 is 1.83 bits per heavy atom. The molecule has 0 saturated carbocycles. The Hall–Kier alpha value is -3.00. The second kappa shape index (κ2) is 6.25. The molecule has 2 aromatic rings. The van der Waals surface area contributed by atoms with E-state index in [0.29, 0.717) is 10.7 Å². The predicted octanol–water partition coefficient (Wildman–Crippen LogP) is 1.75. The molecule has 7 nitrogen and oxygen atoms in total. The van der Waals surface area contributed by atoms with Crippen molar-refractivity contribution in [1.29, 1.82) is 0 Å². The lowest BCUT2D eigenvalue weighted by Crippen LogP contribution is -2.28. The topological polar surface area (TPSA) is 110 Å². The fraction of sp³-hybridized carbons (Fsp3) is 0.125. The molecule has 3 rings (SSSR count). The Balaban J connectivity index is 1.85. The van der Waals surface area contributed by atoms with Gasteiger partial charge in [0, 0.05) is 18.4 Å². The largest absolute Gasteiger partial charge is 0.366 e. The van der Waals surface area contributed by atoms with Crippen molar-refractivity contribution < 1.29 is 19.2 Å². The fourth-order valence-corrected chi connectivity index (χ4v) is 3.21. The zero-order chi connectivity index (χ0) is 17.3. The first-order chi connectivity index (χ1) is 11.5. The number of nitrogens with zero attached hydrogens (tertiary/aromatic N) is 1. The molecule has 0 spiro atoms. The van der Waals surface area contributed by atoms with Crippen LogP contribution in [0.25, 0.3) is 0 Å². The van der Waals surface area contributed by atoms with Gasteiger partial charge in [-0.1, -0.05) is 6.07 Å². The molecule has 1 fully saturated rings. The Morgan fingerprint density at radius 1 is 1.12 bits per heavy atom. The van der Waals surface area contributed by atoms with Crippen molar-refractivity contribution in [2.24, 2.45) is 5.73 Å². The molecule has 1 saturated heterocycles. The van der Waals surface area contributed by atoms with Crippen LogP contribution in [-0.4, -0.2) is 23.6 Å². The normalized spacial score (nSPS) is 14.1. The summed E-state index contributed by atoms with van der Waals surface area (Å²) in [6, 6.07) is 7.74. The molecule has 0 radical (unpaired) electrons. The van der Waals surface area contributed by atoms with Crippen molar-refractivity contribution in [2.45, 2.75) is 12.8 Å². The van der Waals surface area contributed by atoms with Crippen LogP contribution in [0.1, 0.15) is 33.6 Å². The lowest BCUT2D eigenvalue weighted by Gasteiger charge is -2.14. The maximum atomic E-state index is 12.4. The zero-order valence-electron chi connectivity index (χ0n) is 12.4. The number of anilines is 2. The SMILES string of the molecule is NC(=O)c1ccsc1NC(=O)c1cccc(N2C(=O)CCC2=O)c1. The van der Waals surface area contributed by atoms with E-state index in [0.717, 1.165) is 4.90 Å². The third-order valence-electron chi connectivity index (χ3n) is 3.58. The van der Waals surface area contributed by atoms with E-state index in [4.69, 9.17) is 5.73 Å². The lowest BCUT2D eigenvalue weighted by molar-refractivity contribution is -0.121. The summed E-state index contributed by atoms with van der Waals surface area (Å²) in [5, 5.41) is 4.62. The summed E-state index contributed by atoms with van der Waals surface area (Å²) in [4.78, 5) is 48.3. The molecule has 2 heterocycles. The highest BCUT2D eigenvalue weighted by Gasteiger charge is 2.30. The maximum Gasteiger partial charge on any atom is 0.256 e. The molecule has 0 unspecified atom stereocenters. The van der Waals surface area contributed by atoms with Crippen molar-refractivity contribution in [3.63, 3.8) is 0 Å². The molecule has 0 aliphatic carbocycles. The van der Waals surface area contributed by atoms with Gasteiger partial charge in [-0.2, -0.15) is 0 Å². The minimum absolute atomic E-state index is 0.173. The van der Waals surface area contributed by atoms with E-state index < -0.39 is 11.8 Å². The first-order valence-corrected chi connectivity index (χ1v) is 8.00. The van der Waals surface area contributed by atoms with Crippen molar-refractivity contribution in [3.05, 3.63) is 46.8 Å². The molecular weight excluding hydrogens is 330 g/mol. The van der Waals surface area contributed by atoms with Crippen LogP contribution in [0.15, 0.2) is 35.7 Å². The Kier molecular flexibility index (Phi) is 4.13. The minimum Gasteiger partial charge on any atom is -0.366 e. The summed E-state index contributed by atoms with van der Waals surface area (Å²) in [5.41, 5.74) is 6.10. The molecule has 24 heavy (non-hydrogen) atoms. The van der Waals surface area contributed by atoms with Gasteiger partial charge >= 0.3 is 0 Å². The number of amides is 4. The third kappa shape index (κ3) is 2.91. The summed E-state index contributed by atoms with van der Waals surface area (Å²) in [5.74, 6) is -1.66. The van der Waals surface area contributed by atoms with Crippen LogP contribution in [0.3, 0.4) is 0 Å². The molecule has 0 bridgehead atoms. The quantitative estimate of drug-likeness (QED) is 0.824. The average molecular weight is 343 g/mol. The number of thiophene rings is 1. The monoisotopic (exact) mass is 343 g/mol. The van der Waals surface area contributed by atoms with Gasteiger partial charge in [-0.25, -0.2) is 0 Å². The van der Waals surface area contributed by atoms with Gasteiger partial charge in [-0.05, 0) is 29.6 Å². The number of benzene rings is 1. The van der Waals surface area contributed by atoms with Crippen molar-refractivity contribution >= 4 is 45.7 Å². The van der Waals surface area contributed by atoms with Crippen LogP contribution in [0.5, 0.6) is 0 Å². The third-order valence-corrected chi connectivity index (χ3v) is 4.41. The summed E-state index contributed by atoms with van der Waals surface area (Å²) < 4.78 is 0. The van der Waals surface area contributed by atoms with Gasteiger partial charge in [0.25, 0.3) is 11.8 Å². The number of carbonyl (C=O) groups excluding carboxylic acids is 4. The van der Waals surface area contributed by atoms with E-state index >= 15 is 0 Å². The number of nitrogens with two attached hydrogens (primary N) is 1. The van der Waals surface area contributed by atoms with Gasteiger partial charge in [0.05, 0.1) is 11.3 Å². The van der Waals surface area contributed by atoms with Gasteiger partial charge in [-0.15, -0.1) is 11.3 Å². The first-order valence-electron chi connectivity index (χ1n) is 7.12. The fourth-order valence-electron chi connectivity index (χ4n) is 2.43.